The molecule has 82 valence electrons. The van der Waals surface area contributed by atoms with Gasteiger partial charge in [-0.3, -0.25) is 0 Å². The Labute approximate surface area is 92.9 Å². The van der Waals surface area contributed by atoms with E-state index in [0.717, 1.165) is 13.1 Å². The van der Waals surface area contributed by atoms with Crippen molar-refractivity contribution in [1.29, 1.82) is 0 Å². The third-order valence-electron chi connectivity index (χ3n) is 3.37. The molecule has 0 saturated heterocycles. The minimum atomic E-state index is 0.473. The Bertz CT molecular complexity index is 326. The number of benzene rings is 1. The fraction of sp³-hybridized carbons (Fsp3) is 0.571. The molecule has 2 rings (SSSR count). The highest BCUT2D eigenvalue weighted by Crippen LogP contribution is 2.47. The Kier molecular flexibility index (Phi) is 3.11. The van der Waals surface area contributed by atoms with Crippen molar-refractivity contribution in [2.75, 3.05) is 13.1 Å². The van der Waals surface area contributed by atoms with E-state index in [2.05, 4.69) is 43.4 Å². The number of hydrogen-bond acceptors (Lipinski definition) is 1. The largest absolute Gasteiger partial charge is 0.316 e. The number of aryl methyl sites for hydroxylation is 1. The van der Waals surface area contributed by atoms with Gasteiger partial charge in [-0.2, -0.15) is 0 Å². The molecule has 0 aliphatic heterocycles. The van der Waals surface area contributed by atoms with Gasteiger partial charge in [0.15, 0.2) is 0 Å². The minimum absolute atomic E-state index is 0.473. The highest BCUT2D eigenvalue weighted by atomic mass is 14.9. The van der Waals surface area contributed by atoms with Gasteiger partial charge >= 0.3 is 0 Å². The second kappa shape index (κ2) is 4.36. The van der Waals surface area contributed by atoms with Crippen LogP contribution in [0.5, 0.6) is 0 Å². The maximum atomic E-state index is 3.56. The van der Waals surface area contributed by atoms with Crippen LogP contribution in [-0.4, -0.2) is 13.1 Å². The molecule has 1 N–H and O–H groups in total. The summed E-state index contributed by atoms with van der Waals surface area (Å²) >= 11 is 0. The normalized spacial score (nSPS) is 17.7. The van der Waals surface area contributed by atoms with E-state index >= 15 is 0 Å². The van der Waals surface area contributed by atoms with Crippen LogP contribution in [0.4, 0.5) is 0 Å². The van der Waals surface area contributed by atoms with Crippen molar-refractivity contribution in [3.8, 4) is 0 Å². The molecule has 0 aromatic heterocycles. The molecule has 0 bridgehead atoms. The molecule has 1 saturated carbocycles. The maximum Gasteiger partial charge on any atom is 0.00785 e. The molecule has 0 amide bonds. The van der Waals surface area contributed by atoms with Crippen molar-refractivity contribution in [3.05, 3.63) is 35.4 Å². The first kappa shape index (κ1) is 10.7. The van der Waals surface area contributed by atoms with Gasteiger partial charge in [0.05, 0.1) is 0 Å². The lowest BCUT2D eigenvalue weighted by atomic mass is 9.94. The van der Waals surface area contributed by atoms with Gasteiger partial charge < -0.3 is 5.32 Å². The Morgan fingerprint density at radius 1 is 1.33 bits per heavy atom. The lowest BCUT2D eigenvalue weighted by Gasteiger charge is -2.16. The molecule has 1 heteroatoms. The van der Waals surface area contributed by atoms with E-state index in [4.69, 9.17) is 0 Å². The van der Waals surface area contributed by atoms with Gasteiger partial charge in [-0.1, -0.05) is 36.8 Å². The third-order valence-corrected chi connectivity index (χ3v) is 3.37. The summed E-state index contributed by atoms with van der Waals surface area (Å²) in [5, 5.41) is 3.56. The number of rotatable bonds is 5. The maximum absolute atomic E-state index is 3.56. The molecule has 1 nitrogen and oxygen atoms in total. The SMILES string of the molecule is CCCNCC1(c2cccc(C)c2)CC1. The minimum Gasteiger partial charge on any atom is -0.316 e. The van der Waals surface area contributed by atoms with Crippen molar-refractivity contribution in [2.24, 2.45) is 0 Å². The Morgan fingerprint density at radius 3 is 2.73 bits per heavy atom. The van der Waals surface area contributed by atoms with Gasteiger partial charge in [-0.05, 0) is 38.3 Å². The predicted molar refractivity (Wildman–Crippen MR) is 65.3 cm³/mol. The Hall–Kier alpha value is -0.820. The monoisotopic (exact) mass is 203 g/mol. The van der Waals surface area contributed by atoms with Crippen molar-refractivity contribution in [3.63, 3.8) is 0 Å². The van der Waals surface area contributed by atoms with E-state index in [1.54, 1.807) is 0 Å². The van der Waals surface area contributed by atoms with E-state index in [1.807, 2.05) is 0 Å². The summed E-state index contributed by atoms with van der Waals surface area (Å²) in [6.07, 6.45) is 3.93. The van der Waals surface area contributed by atoms with Gasteiger partial charge in [0.1, 0.15) is 0 Å². The first-order valence-corrected chi connectivity index (χ1v) is 6.05. The lowest BCUT2D eigenvalue weighted by Crippen LogP contribution is -2.27. The number of nitrogens with one attached hydrogen (secondary N) is 1. The van der Waals surface area contributed by atoms with Crippen molar-refractivity contribution in [2.45, 2.75) is 38.5 Å². The molecule has 0 spiro atoms. The van der Waals surface area contributed by atoms with Gasteiger partial charge in [-0.25, -0.2) is 0 Å². The molecular formula is C14H21N. The van der Waals surface area contributed by atoms with Crippen LogP contribution in [-0.2, 0) is 5.41 Å². The molecule has 1 aromatic carbocycles. The van der Waals surface area contributed by atoms with E-state index in [1.165, 1.54) is 30.4 Å². The zero-order valence-electron chi connectivity index (χ0n) is 9.84. The molecular weight excluding hydrogens is 182 g/mol. The molecule has 1 aliphatic rings. The zero-order valence-corrected chi connectivity index (χ0v) is 9.84. The van der Waals surface area contributed by atoms with Crippen LogP contribution in [0, 0.1) is 6.92 Å². The van der Waals surface area contributed by atoms with E-state index in [-0.39, 0.29) is 0 Å². The molecule has 0 atom stereocenters. The molecule has 1 aromatic rings. The molecule has 0 radical (unpaired) electrons. The summed E-state index contributed by atoms with van der Waals surface area (Å²) < 4.78 is 0. The molecule has 15 heavy (non-hydrogen) atoms. The molecule has 1 aliphatic carbocycles. The topological polar surface area (TPSA) is 12.0 Å². The standard InChI is InChI=1S/C14H21N/c1-3-9-15-11-14(7-8-14)13-6-4-5-12(2)10-13/h4-6,10,15H,3,7-9,11H2,1-2H3. The fourth-order valence-electron chi connectivity index (χ4n) is 2.20. The second-order valence-electron chi connectivity index (χ2n) is 4.83. The summed E-state index contributed by atoms with van der Waals surface area (Å²) in [7, 11) is 0. The molecule has 0 heterocycles. The van der Waals surface area contributed by atoms with Crippen LogP contribution in [0.1, 0.15) is 37.3 Å². The van der Waals surface area contributed by atoms with Gasteiger partial charge in [0, 0.05) is 12.0 Å². The van der Waals surface area contributed by atoms with Crippen molar-refractivity contribution < 1.29 is 0 Å². The van der Waals surface area contributed by atoms with Crippen LogP contribution in [0.2, 0.25) is 0 Å². The predicted octanol–water partition coefficient (Wildman–Crippen LogP) is 3.03. The van der Waals surface area contributed by atoms with Crippen molar-refractivity contribution in [1.82, 2.24) is 5.32 Å². The summed E-state index contributed by atoms with van der Waals surface area (Å²) in [6.45, 7) is 6.70. The summed E-state index contributed by atoms with van der Waals surface area (Å²) in [5.74, 6) is 0. The van der Waals surface area contributed by atoms with Crippen LogP contribution >= 0.6 is 0 Å². The Morgan fingerprint density at radius 2 is 2.13 bits per heavy atom. The van der Waals surface area contributed by atoms with Gasteiger partial charge in [0.2, 0.25) is 0 Å². The number of hydrogen-bond donors (Lipinski definition) is 1. The van der Waals surface area contributed by atoms with Crippen LogP contribution in [0.25, 0.3) is 0 Å². The highest BCUT2D eigenvalue weighted by Gasteiger charge is 2.43. The van der Waals surface area contributed by atoms with E-state index in [9.17, 15) is 0 Å². The first-order valence-electron chi connectivity index (χ1n) is 6.05. The smallest absolute Gasteiger partial charge is 0.00785 e. The first-order chi connectivity index (χ1) is 7.27. The molecule has 0 unspecified atom stereocenters. The highest BCUT2D eigenvalue weighted by molar-refractivity contribution is 5.34. The quantitative estimate of drug-likeness (QED) is 0.725. The Balaban J connectivity index is 2.02. The van der Waals surface area contributed by atoms with E-state index < -0.39 is 0 Å². The summed E-state index contributed by atoms with van der Waals surface area (Å²) in [4.78, 5) is 0. The lowest BCUT2D eigenvalue weighted by molar-refractivity contribution is 0.571. The molecule has 1 fully saturated rings. The summed E-state index contributed by atoms with van der Waals surface area (Å²) in [6, 6.07) is 9.00. The summed E-state index contributed by atoms with van der Waals surface area (Å²) in [5.41, 5.74) is 3.39. The van der Waals surface area contributed by atoms with Crippen LogP contribution in [0.15, 0.2) is 24.3 Å². The van der Waals surface area contributed by atoms with Crippen LogP contribution in [0.3, 0.4) is 0 Å². The third kappa shape index (κ3) is 2.40. The average Bonchev–Trinajstić information content (AvgIpc) is 3.00. The fourth-order valence-corrected chi connectivity index (χ4v) is 2.20. The van der Waals surface area contributed by atoms with Gasteiger partial charge in [-0.15, -0.1) is 0 Å². The second-order valence-corrected chi connectivity index (χ2v) is 4.83. The van der Waals surface area contributed by atoms with Crippen molar-refractivity contribution >= 4 is 0 Å². The van der Waals surface area contributed by atoms with E-state index in [0.29, 0.717) is 5.41 Å². The average molecular weight is 203 g/mol. The van der Waals surface area contributed by atoms with Gasteiger partial charge in [0.25, 0.3) is 0 Å². The van der Waals surface area contributed by atoms with Crippen LogP contribution < -0.4 is 5.32 Å². The zero-order chi connectivity index (χ0) is 10.7.